The second-order valence-electron chi connectivity index (χ2n) is 9.00. The second-order valence-corrected chi connectivity index (χ2v) is 9.00. The number of carboxylic acids is 1. The topological polar surface area (TPSA) is 92.4 Å². The Morgan fingerprint density at radius 3 is 2.71 bits per heavy atom. The first kappa shape index (κ1) is 22.2. The monoisotopic (exact) mass is 456 g/mol. The number of rotatable bonds is 9. The lowest BCUT2D eigenvalue weighted by Gasteiger charge is -2.36. The minimum absolute atomic E-state index is 0.275. The summed E-state index contributed by atoms with van der Waals surface area (Å²) in [4.78, 5) is 17.9. The molecular formula is C27H28N4O3. The molecular weight excluding hydrogens is 428 g/mol. The summed E-state index contributed by atoms with van der Waals surface area (Å²) in [5.41, 5.74) is 4.10. The summed E-state index contributed by atoms with van der Waals surface area (Å²) in [5.74, 6) is 0.473. The Balaban J connectivity index is 1.38. The molecule has 1 unspecified atom stereocenters. The van der Waals surface area contributed by atoms with Crippen LogP contribution in [0, 0.1) is 5.92 Å². The van der Waals surface area contributed by atoms with Gasteiger partial charge in [0.15, 0.2) is 0 Å². The summed E-state index contributed by atoms with van der Waals surface area (Å²) in [5, 5.41) is 18.8. The number of fused-ring (bicyclic) bond motifs is 1. The van der Waals surface area contributed by atoms with Crippen molar-refractivity contribution in [3.63, 3.8) is 0 Å². The van der Waals surface area contributed by atoms with Crippen molar-refractivity contribution < 1.29 is 14.3 Å². The number of carbonyl (C=O) groups is 1. The highest BCUT2D eigenvalue weighted by molar-refractivity contribution is 5.94. The molecule has 1 N–H and O–H groups in total. The molecule has 174 valence electrons. The van der Waals surface area contributed by atoms with Gasteiger partial charge in [0, 0.05) is 43.2 Å². The fourth-order valence-electron chi connectivity index (χ4n) is 4.76. The molecule has 0 saturated carbocycles. The predicted molar refractivity (Wildman–Crippen MR) is 129 cm³/mol. The quantitative estimate of drug-likeness (QED) is 0.382. The van der Waals surface area contributed by atoms with Gasteiger partial charge in [-0.05, 0) is 35.6 Å². The third-order valence-corrected chi connectivity index (χ3v) is 6.58. The fourth-order valence-corrected chi connectivity index (χ4v) is 4.76. The largest absolute Gasteiger partial charge is 0.481 e. The van der Waals surface area contributed by atoms with Crippen LogP contribution < -0.4 is 0 Å². The van der Waals surface area contributed by atoms with Crippen molar-refractivity contribution in [2.45, 2.75) is 38.6 Å². The smallest absolute Gasteiger partial charge is 0.309 e. The van der Waals surface area contributed by atoms with Crippen molar-refractivity contribution in [3.05, 3.63) is 77.8 Å². The molecule has 1 atom stereocenters. The van der Waals surface area contributed by atoms with Crippen LogP contribution in [-0.4, -0.2) is 44.2 Å². The van der Waals surface area contributed by atoms with Crippen LogP contribution in [0.4, 0.5) is 0 Å². The van der Waals surface area contributed by atoms with E-state index in [2.05, 4.69) is 51.3 Å². The maximum absolute atomic E-state index is 11.1. The number of carboxylic acid groups (broad SMARTS) is 1. The molecule has 1 aliphatic heterocycles. The molecule has 0 amide bonds. The average molecular weight is 457 g/mol. The van der Waals surface area contributed by atoms with Gasteiger partial charge in [0.05, 0.1) is 11.4 Å². The van der Waals surface area contributed by atoms with Crippen LogP contribution in [0.15, 0.2) is 65.2 Å². The molecule has 1 saturated heterocycles. The molecule has 2 aromatic carbocycles. The van der Waals surface area contributed by atoms with Crippen LogP contribution in [0.1, 0.15) is 42.7 Å². The summed E-state index contributed by atoms with van der Waals surface area (Å²) in [6.07, 6.45) is 4.63. The second kappa shape index (κ2) is 9.73. The highest BCUT2D eigenvalue weighted by Gasteiger charge is 2.32. The molecule has 3 heterocycles. The Hall–Kier alpha value is -3.58. The Labute approximate surface area is 198 Å². The van der Waals surface area contributed by atoms with Crippen LogP contribution in [0.25, 0.3) is 22.4 Å². The van der Waals surface area contributed by atoms with Crippen molar-refractivity contribution in [2.24, 2.45) is 5.92 Å². The van der Waals surface area contributed by atoms with Crippen LogP contribution >= 0.6 is 0 Å². The maximum atomic E-state index is 11.1. The lowest BCUT2D eigenvalue weighted by molar-refractivity contribution is -0.147. The highest BCUT2D eigenvalue weighted by atomic mass is 16.4. The van der Waals surface area contributed by atoms with E-state index < -0.39 is 5.97 Å². The van der Waals surface area contributed by atoms with Crippen molar-refractivity contribution in [2.75, 3.05) is 13.1 Å². The van der Waals surface area contributed by atoms with E-state index in [4.69, 9.17) is 9.52 Å². The highest BCUT2D eigenvalue weighted by Crippen LogP contribution is 2.32. The third-order valence-electron chi connectivity index (χ3n) is 6.58. The molecule has 5 rings (SSSR count). The molecule has 4 aromatic rings. The van der Waals surface area contributed by atoms with Gasteiger partial charge in [0.1, 0.15) is 0 Å². The zero-order chi connectivity index (χ0) is 23.5. The minimum Gasteiger partial charge on any atom is -0.481 e. The Morgan fingerprint density at radius 2 is 1.94 bits per heavy atom. The van der Waals surface area contributed by atoms with Gasteiger partial charge in [-0.3, -0.25) is 14.7 Å². The van der Waals surface area contributed by atoms with E-state index in [0.717, 1.165) is 34.9 Å². The van der Waals surface area contributed by atoms with E-state index >= 15 is 0 Å². The number of likely N-dealkylation sites (tertiary alicyclic amines) is 1. The van der Waals surface area contributed by atoms with E-state index in [1.165, 1.54) is 5.56 Å². The summed E-state index contributed by atoms with van der Waals surface area (Å²) >= 11 is 0. The average Bonchev–Trinajstić information content (AvgIpc) is 3.29. The van der Waals surface area contributed by atoms with Gasteiger partial charge in [-0.1, -0.05) is 55.8 Å². The summed E-state index contributed by atoms with van der Waals surface area (Å²) in [6, 6.07) is 18.5. The van der Waals surface area contributed by atoms with E-state index in [9.17, 15) is 4.79 Å². The summed E-state index contributed by atoms with van der Waals surface area (Å²) in [7, 11) is 0. The molecule has 0 spiro atoms. The number of pyridine rings is 1. The first-order valence-electron chi connectivity index (χ1n) is 11.8. The zero-order valence-corrected chi connectivity index (χ0v) is 19.2. The van der Waals surface area contributed by atoms with Crippen molar-refractivity contribution >= 4 is 16.9 Å². The first-order valence-corrected chi connectivity index (χ1v) is 11.8. The van der Waals surface area contributed by atoms with Gasteiger partial charge in [0.2, 0.25) is 11.8 Å². The first-order chi connectivity index (χ1) is 16.6. The van der Waals surface area contributed by atoms with Gasteiger partial charge >= 0.3 is 5.97 Å². The Kier molecular flexibility index (Phi) is 6.36. The lowest BCUT2D eigenvalue weighted by Crippen LogP contribution is -2.49. The number of aromatic nitrogens is 3. The SMILES string of the molecule is CCCC(Cc1nnc(-c2ccc(CN3CC(C(=O)O)C3)c3ncccc23)o1)c1ccccc1. The van der Waals surface area contributed by atoms with Crippen LogP contribution in [-0.2, 0) is 17.8 Å². The molecule has 1 fully saturated rings. The summed E-state index contributed by atoms with van der Waals surface area (Å²) in [6.45, 7) is 4.00. The molecule has 0 aliphatic carbocycles. The Morgan fingerprint density at radius 1 is 1.12 bits per heavy atom. The van der Waals surface area contributed by atoms with Crippen LogP contribution in [0.2, 0.25) is 0 Å². The standard InChI is InChI=1S/C27H28N4O3/c1-2-7-19(18-8-4-3-5-9-18)14-24-29-30-26(34-24)23-12-11-20(25-22(23)10-6-13-28-25)15-31-16-21(17-31)27(32)33/h3-6,8-13,19,21H,2,7,14-17H2,1H3,(H,32,33). The molecule has 2 aromatic heterocycles. The van der Waals surface area contributed by atoms with Gasteiger partial charge in [-0.15, -0.1) is 10.2 Å². The normalized spacial score (nSPS) is 15.3. The van der Waals surface area contributed by atoms with E-state index in [-0.39, 0.29) is 5.92 Å². The Bertz CT molecular complexity index is 1280. The number of hydrogen-bond donors (Lipinski definition) is 1. The van der Waals surface area contributed by atoms with E-state index in [1.807, 2.05) is 30.3 Å². The number of nitrogens with zero attached hydrogens (tertiary/aromatic N) is 4. The number of hydrogen-bond acceptors (Lipinski definition) is 6. The van der Waals surface area contributed by atoms with E-state index in [0.29, 0.717) is 43.8 Å². The fraction of sp³-hybridized carbons (Fsp3) is 0.333. The van der Waals surface area contributed by atoms with Crippen LogP contribution in [0.3, 0.4) is 0 Å². The van der Waals surface area contributed by atoms with Gasteiger partial charge in [0.25, 0.3) is 0 Å². The molecule has 0 bridgehead atoms. The predicted octanol–water partition coefficient (Wildman–Crippen LogP) is 4.93. The minimum atomic E-state index is -0.727. The number of aliphatic carboxylic acids is 1. The van der Waals surface area contributed by atoms with Gasteiger partial charge < -0.3 is 9.52 Å². The molecule has 34 heavy (non-hydrogen) atoms. The van der Waals surface area contributed by atoms with Gasteiger partial charge in [-0.25, -0.2) is 0 Å². The van der Waals surface area contributed by atoms with Gasteiger partial charge in [-0.2, -0.15) is 0 Å². The molecule has 7 nitrogen and oxygen atoms in total. The molecule has 7 heteroatoms. The van der Waals surface area contributed by atoms with Crippen LogP contribution in [0.5, 0.6) is 0 Å². The molecule has 1 aliphatic rings. The van der Waals surface area contributed by atoms with Crippen molar-refractivity contribution in [1.29, 1.82) is 0 Å². The lowest BCUT2D eigenvalue weighted by atomic mass is 9.91. The summed E-state index contributed by atoms with van der Waals surface area (Å²) < 4.78 is 6.14. The maximum Gasteiger partial charge on any atom is 0.309 e. The van der Waals surface area contributed by atoms with E-state index in [1.54, 1.807) is 6.20 Å². The number of benzene rings is 2. The van der Waals surface area contributed by atoms with Crippen molar-refractivity contribution in [3.8, 4) is 11.5 Å². The molecule has 0 radical (unpaired) electrons. The van der Waals surface area contributed by atoms with Crippen molar-refractivity contribution in [1.82, 2.24) is 20.1 Å². The third kappa shape index (κ3) is 4.56. The zero-order valence-electron chi connectivity index (χ0n) is 19.2.